The largest absolute Gasteiger partial charge is 0.496 e. The Kier molecular flexibility index (Phi) is 4.00. The Balaban J connectivity index is 2.20. The van der Waals surface area contributed by atoms with Crippen molar-refractivity contribution in [1.82, 2.24) is 4.98 Å². The normalized spacial score (nSPS) is 10.5. The number of hydrogen-bond donors (Lipinski definition) is 0. The maximum atomic E-state index is 12.2. The van der Waals surface area contributed by atoms with E-state index in [4.69, 9.17) is 4.74 Å². The van der Waals surface area contributed by atoms with Gasteiger partial charge in [0.1, 0.15) is 10.8 Å². The number of aromatic nitrogens is 1. The van der Waals surface area contributed by atoms with Gasteiger partial charge in [-0.15, -0.1) is 11.3 Å². The molecule has 0 spiro atoms. The van der Waals surface area contributed by atoms with Gasteiger partial charge in [-0.3, -0.25) is 4.79 Å². The fourth-order valence-electron chi connectivity index (χ4n) is 1.85. The fourth-order valence-corrected chi connectivity index (χ4v) is 2.78. The van der Waals surface area contributed by atoms with Gasteiger partial charge in [-0.05, 0) is 32.4 Å². The second kappa shape index (κ2) is 5.53. The van der Waals surface area contributed by atoms with E-state index in [-0.39, 0.29) is 5.78 Å². The first-order valence-corrected chi connectivity index (χ1v) is 6.93. The molecule has 1 aromatic carbocycles. The Bertz CT molecular complexity index is 597. The van der Waals surface area contributed by atoms with Gasteiger partial charge in [-0.2, -0.15) is 0 Å². The van der Waals surface area contributed by atoms with Crippen LogP contribution >= 0.6 is 11.3 Å². The van der Waals surface area contributed by atoms with Gasteiger partial charge < -0.3 is 4.74 Å². The molecule has 2 aromatic rings. The van der Waals surface area contributed by atoms with Crippen molar-refractivity contribution in [3.05, 3.63) is 44.9 Å². The molecule has 0 aliphatic carbocycles. The van der Waals surface area contributed by atoms with E-state index in [1.165, 1.54) is 4.88 Å². The molecule has 0 aliphatic rings. The van der Waals surface area contributed by atoms with Crippen molar-refractivity contribution < 1.29 is 9.53 Å². The number of carbonyl (C=O) groups is 1. The zero-order valence-corrected chi connectivity index (χ0v) is 12.4. The van der Waals surface area contributed by atoms with Crippen molar-refractivity contribution in [3.8, 4) is 5.75 Å². The van der Waals surface area contributed by atoms with E-state index < -0.39 is 0 Å². The second-order valence-corrected chi connectivity index (χ2v) is 5.82. The van der Waals surface area contributed by atoms with E-state index in [2.05, 4.69) is 4.98 Å². The predicted molar refractivity (Wildman–Crippen MR) is 77.4 cm³/mol. The van der Waals surface area contributed by atoms with Crippen LogP contribution < -0.4 is 4.74 Å². The monoisotopic (exact) mass is 275 g/mol. The second-order valence-electron chi connectivity index (χ2n) is 4.53. The standard InChI is InChI=1S/C15H17NO2S/c1-9-5-6-12(7-14(9)18-4)13(17)8-15-16-10(2)11(3)19-15/h5-7H,8H2,1-4H3. The molecule has 0 amide bonds. The van der Waals surface area contributed by atoms with Crippen LogP contribution in [-0.4, -0.2) is 17.9 Å². The minimum absolute atomic E-state index is 0.0760. The third-order valence-electron chi connectivity index (χ3n) is 3.11. The van der Waals surface area contributed by atoms with Crippen LogP contribution in [0.2, 0.25) is 0 Å². The lowest BCUT2D eigenvalue weighted by molar-refractivity contribution is 0.0992. The van der Waals surface area contributed by atoms with Crippen LogP contribution in [0.1, 0.15) is 31.5 Å². The summed E-state index contributed by atoms with van der Waals surface area (Å²) in [6.45, 7) is 5.95. The lowest BCUT2D eigenvalue weighted by Gasteiger charge is -2.06. The van der Waals surface area contributed by atoms with Crippen molar-refractivity contribution in [2.45, 2.75) is 27.2 Å². The molecule has 0 radical (unpaired) electrons. The SMILES string of the molecule is COc1cc(C(=O)Cc2nc(C)c(C)s2)ccc1C. The third-order valence-corrected chi connectivity index (χ3v) is 4.19. The van der Waals surface area contributed by atoms with Crippen molar-refractivity contribution in [2.75, 3.05) is 7.11 Å². The molecule has 0 unspecified atom stereocenters. The molecule has 0 atom stereocenters. The van der Waals surface area contributed by atoms with Gasteiger partial charge in [-0.1, -0.05) is 12.1 Å². The average molecular weight is 275 g/mol. The van der Waals surface area contributed by atoms with Crippen LogP contribution in [-0.2, 0) is 6.42 Å². The van der Waals surface area contributed by atoms with Crippen LogP contribution in [0.25, 0.3) is 0 Å². The van der Waals surface area contributed by atoms with Crippen LogP contribution in [0.5, 0.6) is 5.75 Å². The van der Waals surface area contributed by atoms with Crippen LogP contribution in [0.15, 0.2) is 18.2 Å². The third kappa shape index (κ3) is 3.01. The molecule has 4 heteroatoms. The summed E-state index contributed by atoms with van der Waals surface area (Å²) in [7, 11) is 1.62. The quantitative estimate of drug-likeness (QED) is 0.802. The maximum Gasteiger partial charge on any atom is 0.169 e. The first kappa shape index (κ1) is 13.7. The first-order valence-electron chi connectivity index (χ1n) is 6.12. The molecule has 3 nitrogen and oxygen atoms in total. The number of rotatable bonds is 4. The number of Topliss-reactive ketones (excluding diaryl/α,β-unsaturated/α-hetero) is 1. The number of benzene rings is 1. The van der Waals surface area contributed by atoms with Gasteiger partial charge in [0.2, 0.25) is 0 Å². The lowest BCUT2D eigenvalue weighted by Crippen LogP contribution is -2.04. The molecule has 0 bridgehead atoms. The van der Waals surface area contributed by atoms with Crippen molar-refractivity contribution in [1.29, 1.82) is 0 Å². The lowest BCUT2D eigenvalue weighted by atomic mass is 10.1. The smallest absolute Gasteiger partial charge is 0.169 e. The van der Waals surface area contributed by atoms with E-state index in [0.29, 0.717) is 12.0 Å². The van der Waals surface area contributed by atoms with Crippen molar-refractivity contribution >= 4 is 17.1 Å². The number of ether oxygens (including phenoxy) is 1. The number of thiazole rings is 1. The van der Waals surface area contributed by atoms with Crippen molar-refractivity contribution in [3.63, 3.8) is 0 Å². The molecule has 1 heterocycles. The average Bonchev–Trinajstić information content (AvgIpc) is 2.68. The molecule has 0 N–H and O–H groups in total. The number of carbonyl (C=O) groups excluding carboxylic acids is 1. The van der Waals surface area contributed by atoms with Crippen LogP contribution in [0.4, 0.5) is 0 Å². The van der Waals surface area contributed by atoms with E-state index in [1.54, 1.807) is 24.5 Å². The minimum atomic E-state index is 0.0760. The highest BCUT2D eigenvalue weighted by atomic mass is 32.1. The van der Waals surface area contributed by atoms with E-state index in [1.807, 2.05) is 32.9 Å². The number of hydrogen-bond acceptors (Lipinski definition) is 4. The highest BCUT2D eigenvalue weighted by Gasteiger charge is 2.12. The Morgan fingerprint density at radius 2 is 2.05 bits per heavy atom. The Hall–Kier alpha value is -1.68. The minimum Gasteiger partial charge on any atom is -0.496 e. The molecule has 19 heavy (non-hydrogen) atoms. The highest BCUT2D eigenvalue weighted by molar-refractivity contribution is 7.11. The topological polar surface area (TPSA) is 39.2 Å². The summed E-state index contributed by atoms with van der Waals surface area (Å²) in [6, 6.07) is 5.54. The van der Waals surface area contributed by atoms with Gasteiger partial charge in [0.05, 0.1) is 19.2 Å². The van der Waals surface area contributed by atoms with E-state index >= 15 is 0 Å². The number of nitrogens with zero attached hydrogens (tertiary/aromatic N) is 1. The van der Waals surface area contributed by atoms with Gasteiger partial charge in [0, 0.05) is 10.4 Å². The highest BCUT2D eigenvalue weighted by Crippen LogP contribution is 2.22. The Morgan fingerprint density at radius 1 is 1.32 bits per heavy atom. The summed E-state index contributed by atoms with van der Waals surface area (Å²) in [5.74, 6) is 0.824. The molecule has 1 aromatic heterocycles. The van der Waals surface area contributed by atoms with Crippen molar-refractivity contribution in [2.24, 2.45) is 0 Å². The molecule has 0 saturated carbocycles. The van der Waals surface area contributed by atoms with Gasteiger partial charge >= 0.3 is 0 Å². The number of aryl methyl sites for hydroxylation is 3. The first-order chi connectivity index (χ1) is 9.01. The summed E-state index contributed by atoms with van der Waals surface area (Å²) < 4.78 is 5.24. The van der Waals surface area contributed by atoms with E-state index in [0.717, 1.165) is 22.0 Å². The Labute approximate surface area is 117 Å². The zero-order valence-electron chi connectivity index (χ0n) is 11.6. The zero-order chi connectivity index (χ0) is 14.0. The number of methoxy groups -OCH3 is 1. The summed E-state index contributed by atoms with van der Waals surface area (Å²) >= 11 is 1.59. The van der Waals surface area contributed by atoms with Gasteiger partial charge in [0.15, 0.2) is 5.78 Å². The summed E-state index contributed by atoms with van der Waals surface area (Å²) in [5, 5.41) is 0.875. The molecular formula is C15H17NO2S. The molecule has 0 saturated heterocycles. The van der Waals surface area contributed by atoms with Crippen LogP contribution in [0.3, 0.4) is 0 Å². The molecule has 0 fully saturated rings. The maximum absolute atomic E-state index is 12.2. The van der Waals surface area contributed by atoms with Gasteiger partial charge in [0.25, 0.3) is 0 Å². The van der Waals surface area contributed by atoms with Crippen LogP contribution in [0, 0.1) is 20.8 Å². The number of ketones is 1. The van der Waals surface area contributed by atoms with E-state index in [9.17, 15) is 4.79 Å². The summed E-state index contributed by atoms with van der Waals surface area (Å²) in [6.07, 6.45) is 0.353. The summed E-state index contributed by atoms with van der Waals surface area (Å²) in [4.78, 5) is 17.8. The Morgan fingerprint density at radius 3 is 2.63 bits per heavy atom. The molecule has 2 rings (SSSR count). The molecular weight excluding hydrogens is 258 g/mol. The molecule has 0 aliphatic heterocycles. The fraction of sp³-hybridized carbons (Fsp3) is 0.333. The summed E-state index contributed by atoms with van der Waals surface area (Å²) in [5.41, 5.74) is 2.71. The molecule has 100 valence electrons. The predicted octanol–water partition coefficient (Wildman–Crippen LogP) is 3.50. The van der Waals surface area contributed by atoms with Gasteiger partial charge in [-0.25, -0.2) is 4.98 Å².